The van der Waals surface area contributed by atoms with Crippen LogP contribution in [-0.2, 0) is 14.3 Å². The standard InChI is InChI=1S/C15H28N2O3/c1-4-20-14(18)15(16-2)8-7-12(10-15)17-9-5-6-13(11-17)19-3/h12-13,16H,4-11H2,1-3H3. The molecule has 1 aliphatic carbocycles. The molecule has 1 N–H and O–H groups in total. The van der Waals surface area contributed by atoms with Gasteiger partial charge in [-0.1, -0.05) is 0 Å². The monoisotopic (exact) mass is 284 g/mol. The van der Waals surface area contributed by atoms with E-state index in [4.69, 9.17) is 9.47 Å². The lowest BCUT2D eigenvalue weighted by atomic mass is 9.97. The van der Waals surface area contributed by atoms with E-state index in [1.54, 1.807) is 7.11 Å². The molecule has 3 unspecified atom stereocenters. The molecule has 0 amide bonds. The third-order valence-electron chi connectivity index (χ3n) is 4.89. The highest BCUT2D eigenvalue weighted by Gasteiger charge is 2.47. The third kappa shape index (κ3) is 3.15. The van der Waals surface area contributed by atoms with Crippen LogP contribution in [0.4, 0.5) is 0 Å². The van der Waals surface area contributed by atoms with Crippen LogP contribution in [0, 0.1) is 0 Å². The minimum Gasteiger partial charge on any atom is -0.465 e. The average Bonchev–Trinajstić information content (AvgIpc) is 2.93. The number of ether oxygens (including phenoxy) is 2. The second-order valence-corrected chi connectivity index (χ2v) is 5.94. The van der Waals surface area contributed by atoms with Crippen molar-refractivity contribution in [3.05, 3.63) is 0 Å². The summed E-state index contributed by atoms with van der Waals surface area (Å²) in [5, 5.41) is 3.22. The summed E-state index contributed by atoms with van der Waals surface area (Å²) >= 11 is 0. The van der Waals surface area contributed by atoms with Crippen LogP contribution in [0.2, 0.25) is 0 Å². The van der Waals surface area contributed by atoms with Crippen LogP contribution in [0.3, 0.4) is 0 Å². The minimum absolute atomic E-state index is 0.0923. The van der Waals surface area contributed by atoms with E-state index in [0.717, 1.165) is 38.8 Å². The fourth-order valence-electron chi connectivity index (χ4n) is 3.61. The van der Waals surface area contributed by atoms with Crippen molar-refractivity contribution in [1.29, 1.82) is 0 Å². The summed E-state index contributed by atoms with van der Waals surface area (Å²) in [5.74, 6) is -0.0923. The maximum Gasteiger partial charge on any atom is 0.326 e. The van der Waals surface area contributed by atoms with E-state index in [9.17, 15) is 4.79 Å². The second kappa shape index (κ2) is 6.87. The van der Waals surface area contributed by atoms with Crippen molar-refractivity contribution >= 4 is 5.97 Å². The molecule has 3 atom stereocenters. The van der Waals surface area contributed by atoms with Gasteiger partial charge < -0.3 is 14.8 Å². The summed E-state index contributed by atoms with van der Waals surface area (Å²) < 4.78 is 10.7. The molecular weight excluding hydrogens is 256 g/mol. The maximum absolute atomic E-state index is 12.2. The fraction of sp³-hybridized carbons (Fsp3) is 0.933. The highest BCUT2D eigenvalue weighted by molar-refractivity contribution is 5.81. The van der Waals surface area contributed by atoms with Crippen LogP contribution in [-0.4, -0.2) is 62.4 Å². The van der Waals surface area contributed by atoms with Gasteiger partial charge in [0.15, 0.2) is 0 Å². The van der Waals surface area contributed by atoms with Crippen LogP contribution < -0.4 is 5.32 Å². The number of carbonyl (C=O) groups is 1. The highest BCUT2D eigenvalue weighted by atomic mass is 16.5. The van der Waals surface area contributed by atoms with Gasteiger partial charge in [0.2, 0.25) is 0 Å². The van der Waals surface area contributed by atoms with Gasteiger partial charge >= 0.3 is 5.97 Å². The van der Waals surface area contributed by atoms with Crippen LogP contribution in [0.1, 0.15) is 39.0 Å². The summed E-state index contributed by atoms with van der Waals surface area (Å²) in [6.07, 6.45) is 5.43. The molecule has 20 heavy (non-hydrogen) atoms. The van der Waals surface area contributed by atoms with Crippen LogP contribution in [0.25, 0.3) is 0 Å². The lowest BCUT2D eigenvalue weighted by Crippen LogP contribution is -2.51. The van der Waals surface area contributed by atoms with Gasteiger partial charge in [-0.3, -0.25) is 9.69 Å². The lowest BCUT2D eigenvalue weighted by Gasteiger charge is -2.37. The molecule has 2 aliphatic rings. The number of piperidine rings is 1. The number of likely N-dealkylation sites (tertiary alicyclic amines) is 1. The molecule has 0 aromatic carbocycles. The van der Waals surface area contributed by atoms with E-state index < -0.39 is 5.54 Å². The van der Waals surface area contributed by atoms with Crippen molar-refractivity contribution in [3.8, 4) is 0 Å². The van der Waals surface area contributed by atoms with Gasteiger partial charge in [0, 0.05) is 19.7 Å². The first-order chi connectivity index (χ1) is 9.65. The first-order valence-electron chi connectivity index (χ1n) is 7.78. The Bertz CT molecular complexity index is 337. The number of rotatable bonds is 5. The molecule has 0 radical (unpaired) electrons. The topological polar surface area (TPSA) is 50.8 Å². The number of hydrogen-bond acceptors (Lipinski definition) is 5. The number of methoxy groups -OCH3 is 1. The van der Waals surface area contributed by atoms with Crippen molar-refractivity contribution in [3.63, 3.8) is 0 Å². The number of nitrogens with one attached hydrogen (secondary N) is 1. The summed E-state index contributed by atoms with van der Waals surface area (Å²) in [5.41, 5.74) is -0.485. The maximum atomic E-state index is 12.2. The molecule has 1 aliphatic heterocycles. The van der Waals surface area contributed by atoms with Crippen molar-refractivity contribution in [2.45, 2.75) is 56.7 Å². The van der Waals surface area contributed by atoms with E-state index in [0.29, 0.717) is 18.8 Å². The van der Waals surface area contributed by atoms with E-state index in [2.05, 4.69) is 10.2 Å². The molecule has 0 bridgehead atoms. The summed E-state index contributed by atoms with van der Waals surface area (Å²) in [6, 6.07) is 0.463. The first kappa shape index (κ1) is 15.7. The predicted molar refractivity (Wildman–Crippen MR) is 77.7 cm³/mol. The molecule has 2 fully saturated rings. The number of hydrogen-bond donors (Lipinski definition) is 1. The number of esters is 1. The van der Waals surface area contributed by atoms with Gasteiger partial charge in [-0.05, 0) is 52.6 Å². The molecule has 1 heterocycles. The van der Waals surface area contributed by atoms with Gasteiger partial charge in [-0.15, -0.1) is 0 Å². The Morgan fingerprint density at radius 1 is 1.45 bits per heavy atom. The number of carbonyl (C=O) groups excluding carboxylic acids is 1. The van der Waals surface area contributed by atoms with Gasteiger partial charge in [-0.25, -0.2) is 0 Å². The quantitative estimate of drug-likeness (QED) is 0.768. The molecule has 5 nitrogen and oxygen atoms in total. The van der Waals surface area contributed by atoms with Gasteiger partial charge in [0.25, 0.3) is 0 Å². The van der Waals surface area contributed by atoms with Crippen molar-refractivity contribution in [2.75, 3.05) is 33.9 Å². The van der Waals surface area contributed by atoms with Gasteiger partial charge in [0.05, 0.1) is 12.7 Å². The summed E-state index contributed by atoms with van der Waals surface area (Å²) in [6.45, 7) is 4.42. The zero-order chi connectivity index (χ0) is 14.6. The minimum atomic E-state index is -0.485. The summed E-state index contributed by atoms with van der Waals surface area (Å²) in [4.78, 5) is 14.7. The molecular formula is C15H28N2O3. The van der Waals surface area contributed by atoms with E-state index in [1.807, 2.05) is 14.0 Å². The largest absolute Gasteiger partial charge is 0.465 e. The molecule has 0 aromatic heterocycles. The Hall–Kier alpha value is -0.650. The van der Waals surface area contributed by atoms with E-state index >= 15 is 0 Å². The Labute approximate surface area is 122 Å². The van der Waals surface area contributed by atoms with Crippen LogP contribution >= 0.6 is 0 Å². The molecule has 2 rings (SSSR count). The van der Waals surface area contributed by atoms with E-state index in [-0.39, 0.29) is 5.97 Å². The fourth-order valence-corrected chi connectivity index (χ4v) is 3.61. The van der Waals surface area contributed by atoms with Gasteiger partial charge in [-0.2, -0.15) is 0 Å². The van der Waals surface area contributed by atoms with Crippen molar-refractivity contribution < 1.29 is 14.3 Å². The Kier molecular flexibility index (Phi) is 5.41. The SMILES string of the molecule is CCOC(=O)C1(NC)CCC(N2CCCC(OC)C2)C1. The van der Waals surface area contributed by atoms with Gasteiger partial charge in [0.1, 0.15) is 5.54 Å². The molecule has 116 valence electrons. The van der Waals surface area contributed by atoms with Crippen molar-refractivity contribution in [2.24, 2.45) is 0 Å². The number of nitrogens with zero attached hydrogens (tertiary/aromatic N) is 1. The van der Waals surface area contributed by atoms with E-state index in [1.165, 1.54) is 6.42 Å². The summed E-state index contributed by atoms with van der Waals surface area (Å²) in [7, 11) is 3.66. The molecule has 1 saturated carbocycles. The molecule has 0 aromatic rings. The Morgan fingerprint density at radius 3 is 2.90 bits per heavy atom. The second-order valence-electron chi connectivity index (χ2n) is 5.94. The zero-order valence-corrected chi connectivity index (χ0v) is 13.0. The Balaban J connectivity index is 1.97. The zero-order valence-electron chi connectivity index (χ0n) is 13.0. The third-order valence-corrected chi connectivity index (χ3v) is 4.89. The first-order valence-corrected chi connectivity index (χ1v) is 7.78. The molecule has 5 heteroatoms. The van der Waals surface area contributed by atoms with Crippen molar-refractivity contribution in [1.82, 2.24) is 10.2 Å². The lowest BCUT2D eigenvalue weighted by molar-refractivity contribution is -0.151. The Morgan fingerprint density at radius 2 is 2.25 bits per heavy atom. The van der Waals surface area contributed by atoms with Crippen LogP contribution in [0.15, 0.2) is 0 Å². The predicted octanol–water partition coefficient (Wildman–Crippen LogP) is 1.17. The molecule has 1 saturated heterocycles. The number of likely N-dealkylation sites (N-methyl/N-ethyl adjacent to an activating group) is 1. The van der Waals surface area contributed by atoms with Crippen LogP contribution in [0.5, 0.6) is 0 Å². The smallest absolute Gasteiger partial charge is 0.326 e. The average molecular weight is 284 g/mol. The normalized spacial score (nSPS) is 35.1. The highest BCUT2D eigenvalue weighted by Crippen LogP contribution is 2.35. The molecule has 0 spiro atoms.